The number of para-hydroxylation sites is 2. The van der Waals surface area contributed by atoms with E-state index in [1.165, 1.54) is 39.2 Å². The Morgan fingerprint density at radius 3 is 2.57 bits per heavy atom. The first-order chi connectivity index (χ1) is 14.1. The van der Waals surface area contributed by atoms with Crippen molar-refractivity contribution in [3.63, 3.8) is 0 Å². The van der Waals surface area contributed by atoms with Crippen LogP contribution in [0.3, 0.4) is 0 Å². The predicted molar refractivity (Wildman–Crippen MR) is 118 cm³/mol. The van der Waals surface area contributed by atoms with Gasteiger partial charge in [0, 0.05) is 18.5 Å². The fraction of sp³-hybridized carbons (Fsp3) is 0.320. The molecule has 0 spiro atoms. The van der Waals surface area contributed by atoms with E-state index in [0.717, 1.165) is 37.7 Å². The zero-order valence-electron chi connectivity index (χ0n) is 18.1. The van der Waals surface area contributed by atoms with Crippen LogP contribution in [0.15, 0.2) is 54.4 Å². The molecule has 3 heterocycles. The number of aromatic nitrogens is 2. The molecule has 0 fully saturated rings. The number of nitrogens with zero attached hydrogens (tertiary/aromatic N) is 3. The van der Waals surface area contributed by atoms with Crippen molar-refractivity contribution in [2.24, 2.45) is 0 Å². The van der Waals surface area contributed by atoms with Gasteiger partial charge in [-0.25, -0.2) is 9.13 Å². The molecule has 0 radical (unpaired) electrons. The van der Waals surface area contributed by atoms with Crippen molar-refractivity contribution >= 4 is 22.3 Å². The normalized spacial score (nSPS) is 17.4. The van der Waals surface area contributed by atoms with E-state index in [0.29, 0.717) is 0 Å². The molecule has 4 nitrogen and oxygen atoms in total. The van der Waals surface area contributed by atoms with Gasteiger partial charge in [0.25, 0.3) is 5.82 Å². The molecule has 0 saturated heterocycles. The maximum absolute atomic E-state index is 6.24. The highest BCUT2D eigenvalue weighted by atomic mass is 127. The molecule has 0 atom stereocenters. The number of fused-ring (bicyclic) bond motifs is 4. The molecule has 0 saturated carbocycles. The van der Waals surface area contributed by atoms with Crippen molar-refractivity contribution in [3.8, 4) is 5.75 Å². The number of allylic oxidation sites excluding steroid dienone is 3. The summed E-state index contributed by atoms with van der Waals surface area (Å²) in [5.74, 6) is 3.21. The Morgan fingerprint density at radius 1 is 1.03 bits per heavy atom. The van der Waals surface area contributed by atoms with Crippen molar-refractivity contribution in [1.29, 1.82) is 0 Å². The lowest BCUT2D eigenvalue weighted by atomic mass is 10.1. The van der Waals surface area contributed by atoms with Crippen LogP contribution in [0.2, 0.25) is 0 Å². The van der Waals surface area contributed by atoms with Crippen LogP contribution < -0.4 is 38.2 Å². The minimum absolute atomic E-state index is 0. The monoisotopic (exact) mass is 513 g/mol. The molecule has 1 aromatic heterocycles. The number of benzene rings is 2. The average molecular weight is 513 g/mol. The Hall–Kier alpha value is -2.28. The van der Waals surface area contributed by atoms with Gasteiger partial charge in [-0.3, -0.25) is 0 Å². The van der Waals surface area contributed by atoms with Crippen LogP contribution in [-0.4, -0.2) is 11.1 Å². The number of halogens is 1. The molecule has 0 aliphatic carbocycles. The SMILES string of the molecule is CCN1C(=CC=C2CC[n+]3c2n(CC)c2ccccc23)Oc2cc(C)c(C)cc21.[I-]. The maximum atomic E-state index is 6.24. The van der Waals surface area contributed by atoms with Gasteiger partial charge < -0.3 is 33.6 Å². The minimum atomic E-state index is 0. The third-order valence-electron chi connectivity index (χ3n) is 6.27. The molecule has 0 amide bonds. The summed E-state index contributed by atoms with van der Waals surface area (Å²) in [6.45, 7) is 11.6. The Kier molecular flexibility index (Phi) is 5.66. The molecule has 2 aliphatic rings. The molecule has 30 heavy (non-hydrogen) atoms. The van der Waals surface area contributed by atoms with Crippen LogP contribution in [0.25, 0.3) is 16.6 Å². The fourth-order valence-electron chi connectivity index (χ4n) is 4.67. The van der Waals surface area contributed by atoms with Crippen molar-refractivity contribution in [2.45, 2.75) is 47.2 Å². The van der Waals surface area contributed by atoms with Crippen LogP contribution in [0.1, 0.15) is 37.2 Å². The molecule has 2 aliphatic heterocycles. The van der Waals surface area contributed by atoms with Gasteiger partial charge in [0.1, 0.15) is 0 Å². The Morgan fingerprint density at radius 2 is 1.80 bits per heavy atom. The number of aryl methyl sites for hydroxylation is 4. The van der Waals surface area contributed by atoms with Crippen LogP contribution in [-0.2, 0) is 13.1 Å². The van der Waals surface area contributed by atoms with Gasteiger partial charge in [0.2, 0.25) is 5.88 Å². The molecule has 2 aromatic carbocycles. The fourth-order valence-corrected chi connectivity index (χ4v) is 4.67. The third kappa shape index (κ3) is 3.14. The summed E-state index contributed by atoms with van der Waals surface area (Å²) >= 11 is 0. The van der Waals surface area contributed by atoms with Crippen LogP contribution in [0.4, 0.5) is 5.69 Å². The summed E-state index contributed by atoms with van der Waals surface area (Å²) in [6.07, 6.45) is 5.46. The molecule has 5 heteroatoms. The standard InChI is InChI=1S/C25H28N3O.HI/c1-5-26-22-15-17(3)18(4)16-23(22)29-24(26)12-11-19-13-14-28-21-10-8-7-9-20(21)27(6-2)25(19)28;/h7-12,15-16H,5-6,13-14H2,1-4H3;1H/q+1;/p-1. The van der Waals surface area contributed by atoms with Crippen LogP contribution in [0.5, 0.6) is 5.75 Å². The number of hydrogen-bond donors (Lipinski definition) is 0. The first kappa shape index (κ1) is 21.0. The Labute approximate surface area is 195 Å². The molecular weight excluding hydrogens is 485 g/mol. The average Bonchev–Trinajstić information content (AvgIpc) is 3.37. The highest BCUT2D eigenvalue weighted by Gasteiger charge is 2.32. The number of rotatable bonds is 3. The van der Waals surface area contributed by atoms with Gasteiger partial charge in [-0.05, 0) is 75.2 Å². The lowest BCUT2D eigenvalue weighted by Gasteiger charge is -2.15. The summed E-state index contributed by atoms with van der Waals surface area (Å²) in [5.41, 5.74) is 7.75. The second-order valence-corrected chi connectivity index (χ2v) is 7.91. The lowest BCUT2D eigenvalue weighted by molar-refractivity contribution is -0.664. The molecular formula is C25H28IN3O. The largest absolute Gasteiger partial charge is 1.00 e. The van der Waals surface area contributed by atoms with E-state index in [1.807, 2.05) is 0 Å². The summed E-state index contributed by atoms with van der Waals surface area (Å²) in [6, 6.07) is 13.1. The molecule has 0 bridgehead atoms. The number of hydrogen-bond acceptors (Lipinski definition) is 2. The highest BCUT2D eigenvalue weighted by Crippen LogP contribution is 2.40. The second kappa shape index (κ2) is 8.10. The van der Waals surface area contributed by atoms with Crippen LogP contribution in [0, 0.1) is 13.8 Å². The third-order valence-corrected chi connectivity index (χ3v) is 6.27. The second-order valence-electron chi connectivity index (χ2n) is 7.91. The minimum Gasteiger partial charge on any atom is -1.00 e. The van der Waals surface area contributed by atoms with E-state index in [-0.39, 0.29) is 24.0 Å². The van der Waals surface area contributed by atoms with E-state index in [9.17, 15) is 0 Å². The molecule has 3 aromatic rings. The number of ether oxygens (including phenoxy) is 1. The van der Waals surface area contributed by atoms with Crippen LogP contribution >= 0.6 is 0 Å². The number of imidazole rings is 1. The first-order valence-electron chi connectivity index (χ1n) is 10.6. The Bertz CT molecular complexity index is 1170. The topological polar surface area (TPSA) is 21.3 Å². The highest BCUT2D eigenvalue weighted by molar-refractivity contribution is 5.77. The molecule has 156 valence electrons. The van der Waals surface area contributed by atoms with Gasteiger partial charge in [-0.2, -0.15) is 0 Å². The van der Waals surface area contributed by atoms with Crippen molar-refractivity contribution in [2.75, 3.05) is 11.4 Å². The first-order valence-corrected chi connectivity index (χ1v) is 10.6. The molecule has 0 unspecified atom stereocenters. The van der Waals surface area contributed by atoms with E-state index >= 15 is 0 Å². The Balaban J connectivity index is 0.00000218. The summed E-state index contributed by atoms with van der Waals surface area (Å²) in [4.78, 5) is 2.26. The van der Waals surface area contributed by atoms with E-state index in [4.69, 9.17) is 4.74 Å². The smallest absolute Gasteiger partial charge is 0.285 e. The molecule has 5 rings (SSSR count). The van der Waals surface area contributed by atoms with E-state index in [2.05, 4.69) is 90.3 Å². The van der Waals surface area contributed by atoms with Gasteiger partial charge in [-0.1, -0.05) is 12.1 Å². The molecule has 0 N–H and O–H groups in total. The van der Waals surface area contributed by atoms with Gasteiger partial charge in [0.05, 0.1) is 18.8 Å². The summed E-state index contributed by atoms with van der Waals surface area (Å²) in [5, 5.41) is 0. The van der Waals surface area contributed by atoms with Gasteiger partial charge in [-0.15, -0.1) is 0 Å². The summed E-state index contributed by atoms with van der Waals surface area (Å²) < 4.78 is 11.1. The van der Waals surface area contributed by atoms with Crippen molar-refractivity contribution in [3.05, 3.63) is 71.4 Å². The quantitative estimate of drug-likeness (QED) is 0.396. The lowest BCUT2D eigenvalue weighted by Crippen LogP contribution is -3.00. The predicted octanol–water partition coefficient (Wildman–Crippen LogP) is 2.12. The van der Waals surface area contributed by atoms with Crippen molar-refractivity contribution in [1.82, 2.24) is 4.57 Å². The van der Waals surface area contributed by atoms with E-state index < -0.39 is 0 Å². The maximum Gasteiger partial charge on any atom is 0.285 e. The van der Waals surface area contributed by atoms with E-state index in [1.54, 1.807) is 0 Å². The number of anilines is 1. The zero-order chi connectivity index (χ0) is 20.1. The van der Waals surface area contributed by atoms with Crippen molar-refractivity contribution < 1.29 is 33.3 Å². The summed E-state index contributed by atoms with van der Waals surface area (Å²) in [7, 11) is 0. The van der Waals surface area contributed by atoms with Gasteiger partial charge in [0.15, 0.2) is 16.8 Å². The zero-order valence-corrected chi connectivity index (χ0v) is 20.2. The van der Waals surface area contributed by atoms with Gasteiger partial charge >= 0.3 is 0 Å².